The summed E-state index contributed by atoms with van der Waals surface area (Å²) in [7, 11) is 0. The zero-order chi connectivity index (χ0) is 9.97. The van der Waals surface area contributed by atoms with Crippen LogP contribution in [0.2, 0.25) is 0 Å². The second-order valence-corrected chi connectivity index (χ2v) is 3.91. The van der Waals surface area contributed by atoms with Crippen LogP contribution in [0.1, 0.15) is 19.8 Å². The van der Waals surface area contributed by atoms with E-state index in [1.807, 2.05) is 12.1 Å². The van der Waals surface area contributed by atoms with E-state index in [-0.39, 0.29) is 0 Å². The van der Waals surface area contributed by atoms with E-state index in [1.54, 1.807) is 6.20 Å². The lowest BCUT2D eigenvalue weighted by Crippen LogP contribution is -2.46. The molecule has 0 radical (unpaired) electrons. The zero-order valence-electron chi connectivity index (χ0n) is 8.43. The van der Waals surface area contributed by atoms with E-state index in [4.69, 9.17) is 5.73 Å². The first-order valence-electron chi connectivity index (χ1n) is 5.07. The Morgan fingerprint density at radius 1 is 1.57 bits per heavy atom. The Bertz CT molecular complexity index is 287. The molecule has 1 aliphatic rings. The van der Waals surface area contributed by atoms with E-state index in [0.29, 0.717) is 12.1 Å². The summed E-state index contributed by atoms with van der Waals surface area (Å²) in [5.41, 5.74) is 5.90. The number of nitrogens with two attached hydrogens (primary N) is 1. The van der Waals surface area contributed by atoms with Crippen molar-refractivity contribution in [1.82, 2.24) is 10.2 Å². The highest BCUT2D eigenvalue weighted by Crippen LogP contribution is 2.21. The molecule has 1 aromatic heterocycles. The molecule has 2 heterocycles. The van der Waals surface area contributed by atoms with Crippen molar-refractivity contribution in [3.05, 3.63) is 18.3 Å². The average Bonchev–Trinajstić information content (AvgIpc) is 2.19. The number of nitrogens with zero attached hydrogens (tertiary/aromatic N) is 3. The van der Waals surface area contributed by atoms with E-state index in [1.165, 1.54) is 0 Å². The average molecular weight is 192 g/mol. The summed E-state index contributed by atoms with van der Waals surface area (Å²) in [5, 5.41) is 8.00. The van der Waals surface area contributed by atoms with E-state index in [9.17, 15) is 0 Å². The minimum absolute atomic E-state index is 0.345. The molecule has 0 aliphatic carbocycles. The number of piperidine rings is 1. The fourth-order valence-corrected chi connectivity index (χ4v) is 2.00. The molecule has 1 saturated heterocycles. The third kappa shape index (κ3) is 1.85. The molecular weight excluding hydrogens is 176 g/mol. The molecule has 4 heteroatoms. The lowest BCUT2D eigenvalue weighted by molar-refractivity contribution is 0.426. The topological polar surface area (TPSA) is 55.0 Å². The molecule has 0 aromatic carbocycles. The maximum Gasteiger partial charge on any atom is 0.151 e. The van der Waals surface area contributed by atoms with Crippen molar-refractivity contribution >= 4 is 5.82 Å². The fraction of sp³-hybridized carbons (Fsp3) is 0.600. The van der Waals surface area contributed by atoms with Gasteiger partial charge in [0.25, 0.3) is 0 Å². The molecule has 4 nitrogen and oxygen atoms in total. The second kappa shape index (κ2) is 3.92. The summed E-state index contributed by atoms with van der Waals surface area (Å²) in [4.78, 5) is 2.27. The maximum atomic E-state index is 5.90. The largest absolute Gasteiger partial charge is 0.352 e. The van der Waals surface area contributed by atoms with Crippen LogP contribution in [0, 0.1) is 0 Å². The Balaban J connectivity index is 2.12. The Morgan fingerprint density at radius 2 is 2.43 bits per heavy atom. The Morgan fingerprint density at radius 3 is 3.07 bits per heavy atom. The summed E-state index contributed by atoms with van der Waals surface area (Å²) >= 11 is 0. The summed E-state index contributed by atoms with van der Waals surface area (Å²) < 4.78 is 0. The Labute approximate surface area is 84.1 Å². The molecule has 1 aromatic rings. The second-order valence-electron chi connectivity index (χ2n) is 3.91. The normalized spacial score (nSPS) is 27.7. The monoisotopic (exact) mass is 192 g/mol. The molecule has 0 saturated carbocycles. The van der Waals surface area contributed by atoms with Crippen LogP contribution in [-0.2, 0) is 0 Å². The van der Waals surface area contributed by atoms with E-state index in [0.717, 1.165) is 25.2 Å². The van der Waals surface area contributed by atoms with Crippen molar-refractivity contribution in [2.75, 3.05) is 11.4 Å². The van der Waals surface area contributed by atoms with Gasteiger partial charge in [0, 0.05) is 24.8 Å². The molecule has 1 aliphatic heterocycles. The van der Waals surface area contributed by atoms with Crippen molar-refractivity contribution in [3.8, 4) is 0 Å². The summed E-state index contributed by atoms with van der Waals surface area (Å²) in [6.07, 6.45) is 3.78. The third-order valence-electron chi connectivity index (χ3n) is 2.77. The lowest BCUT2D eigenvalue weighted by Gasteiger charge is -2.36. The minimum atomic E-state index is 0.345. The lowest BCUT2D eigenvalue weighted by atomic mass is 9.99. The molecule has 2 unspecified atom stereocenters. The summed E-state index contributed by atoms with van der Waals surface area (Å²) in [5.74, 6) is 0.965. The number of rotatable bonds is 1. The van der Waals surface area contributed by atoms with Gasteiger partial charge in [0.2, 0.25) is 0 Å². The molecule has 0 amide bonds. The van der Waals surface area contributed by atoms with Gasteiger partial charge in [-0.25, -0.2) is 0 Å². The van der Waals surface area contributed by atoms with Crippen LogP contribution in [0.25, 0.3) is 0 Å². The SMILES string of the molecule is CC1CC(N)CCN1c1cccnn1. The van der Waals surface area contributed by atoms with Gasteiger partial charge < -0.3 is 10.6 Å². The van der Waals surface area contributed by atoms with Gasteiger partial charge in [-0.15, -0.1) is 5.10 Å². The fourth-order valence-electron chi connectivity index (χ4n) is 2.00. The molecule has 1 fully saturated rings. The summed E-state index contributed by atoms with van der Waals surface area (Å²) in [6.45, 7) is 3.18. The van der Waals surface area contributed by atoms with Gasteiger partial charge >= 0.3 is 0 Å². The Kier molecular flexibility index (Phi) is 2.63. The van der Waals surface area contributed by atoms with E-state index < -0.39 is 0 Å². The summed E-state index contributed by atoms with van der Waals surface area (Å²) in [6, 6.07) is 4.73. The van der Waals surface area contributed by atoms with Gasteiger partial charge in [-0.05, 0) is 31.9 Å². The molecule has 0 bridgehead atoms. The third-order valence-corrected chi connectivity index (χ3v) is 2.77. The van der Waals surface area contributed by atoms with Gasteiger partial charge in [-0.3, -0.25) is 0 Å². The first-order valence-corrected chi connectivity index (χ1v) is 5.07. The first kappa shape index (κ1) is 9.40. The molecule has 0 spiro atoms. The predicted octanol–water partition coefficient (Wildman–Crippen LogP) is 0.793. The number of hydrogen-bond donors (Lipinski definition) is 1. The van der Waals surface area contributed by atoms with Crippen LogP contribution < -0.4 is 10.6 Å². The molecule has 76 valence electrons. The van der Waals surface area contributed by atoms with E-state index >= 15 is 0 Å². The van der Waals surface area contributed by atoms with Gasteiger partial charge in [0.15, 0.2) is 5.82 Å². The predicted molar refractivity (Wildman–Crippen MR) is 56.0 cm³/mol. The molecule has 2 rings (SSSR count). The Hall–Kier alpha value is -1.16. The van der Waals surface area contributed by atoms with Crippen LogP contribution in [-0.4, -0.2) is 28.8 Å². The highest BCUT2D eigenvalue weighted by Gasteiger charge is 2.23. The first-order chi connectivity index (χ1) is 6.77. The van der Waals surface area contributed by atoms with Gasteiger partial charge in [0.05, 0.1) is 0 Å². The minimum Gasteiger partial charge on any atom is -0.352 e. The van der Waals surface area contributed by atoms with Crippen molar-refractivity contribution in [3.63, 3.8) is 0 Å². The zero-order valence-corrected chi connectivity index (χ0v) is 8.43. The molecule has 14 heavy (non-hydrogen) atoms. The molecule has 2 N–H and O–H groups in total. The number of hydrogen-bond acceptors (Lipinski definition) is 4. The quantitative estimate of drug-likeness (QED) is 0.715. The van der Waals surface area contributed by atoms with Gasteiger partial charge in [-0.1, -0.05) is 0 Å². The maximum absolute atomic E-state index is 5.90. The van der Waals surface area contributed by atoms with E-state index in [2.05, 4.69) is 22.0 Å². The van der Waals surface area contributed by atoms with Crippen molar-refractivity contribution < 1.29 is 0 Å². The highest BCUT2D eigenvalue weighted by atomic mass is 15.3. The highest BCUT2D eigenvalue weighted by molar-refractivity contribution is 5.38. The van der Waals surface area contributed by atoms with Crippen molar-refractivity contribution in [1.29, 1.82) is 0 Å². The molecular formula is C10H16N4. The smallest absolute Gasteiger partial charge is 0.151 e. The van der Waals surface area contributed by atoms with Gasteiger partial charge in [0.1, 0.15) is 0 Å². The van der Waals surface area contributed by atoms with Gasteiger partial charge in [-0.2, -0.15) is 5.10 Å². The standard InChI is InChI=1S/C10H16N4/c1-8-7-9(11)4-6-14(8)10-3-2-5-12-13-10/h2-3,5,8-9H,4,6-7,11H2,1H3. The van der Waals surface area contributed by atoms with Crippen LogP contribution >= 0.6 is 0 Å². The van der Waals surface area contributed by atoms with Crippen LogP contribution in [0.4, 0.5) is 5.82 Å². The molecule has 2 atom stereocenters. The number of anilines is 1. The van der Waals surface area contributed by atoms with Crippen LogP contribution in [0.3, 0.4) is 0 Å². The van der Waals surface area contributed by atoms with Crippen molar-refractivity contribution in [2.45, 2.75) is 31.8 Å². The van der Waals surface area contributed by atoms with Crippen LogP contribution in [0.5, 0.6) is 0 Å². The number of aromatic nitrogens is 2. The van der Waals surface area contributed by atoms with Crippen molar-refractivity contribution in [2.24, 2.45) is 5.73 Å². The van der Waals surface area contributed by atoms with Crippen LogP contribution in [0.15, 0.2) is 18.3 Å².